The second-order valence-electron chi connectivity index (χ2n) is 7.27. The number of hydrogen-bond acceptors (Lipinski definition) is 2. The highest BCUT2D eigenvalue weighted by molar-refractivity contribution is 6.20. The van der Waals surface area contributed by atoms with Crippen LogP contribution in [0.15, 0.2) is 89.3 Å². The molecule has 3 aromatic heterocycles. The summed E-state index contributed by atoms with van der Waals surface area (Å²) in [6.07, 6.45) is 0. The number of imidazole rings is 1. The van der Waals surface area contributed by atoms with Crippen LogP contribution in [0.25, 0.3) is 60.3 Å². The number of pyridine rings is 1. The summed E-state index contributed by atoms with van der Waals surface area (Å²) in [4.78, 5) is 5.00. The van der Waals surface area contributed by atoms with Crippen molar-refractivity contribution >= 4 is 60.3 Å². The first-order valence-electron chi connectivity index (χ1n) is 9.41. The quantitative estimate of drug-likeness (QED) is 0.283. The molecule has 0 aliphatic carbocycles. The molecular weight excluding hydrogens is 344 g/mol. The van der Waals surface area contributed by atoms with Crippen LogP contribution in [-0.2, 0) is 0 Å². The highest BCUT2D eigenvalue weighted by Gasteiger charge is 2.16. The Morgan fingerprint density at radius 2 is 1.32 bits per heavy atom. The Morgan fingerprint density at radius 3 is 2.25 bits per heavy atom. The molecule has 0 spiro atoms. The summed E-state index contributed by atoms with van der Waals surface area (Å²) in [6.45, 7) is 0. The molecule has 130 valence electrons. The standard InChI is InChI=1S/C25H14N2O/c1-4-10-21-15(7-1)17-14-24-18(16-8-2-6-12-23(16)28-24)13-19(17)25-26-20-9-3-5-11-22(20)27(21)25/h1-14H. The van der Waals surface area contributed by atoms with Gasteiger partial charge in [0.1, 0.15) is 16.8 Å². The lowest BCUT2D eigenvalue weighted by molar-refractivity contribution is 0.669. The number of nitrogens with zero attached hydrogens (tertiary/aromatic N) is 2. The van der Waals surface area contributed by atoms with E-state index >= 15 is 0 Å². The summed E-state index contributed by atoms with van der Waals surface area (Å²) < 4.78 is 8.43. The van der Waals surface area contributed by atoms with Crippen LogP contribution in [0.3, 0.4) is 0 Å². The zero-order valence-electron chi connectivity index (χ0n) is 14.9. The van der Waals surface area contributed by atoms with E-state index in [0.29, 0.717) is 0 Å². The van der Waals surface area contributed by atoms with Crippen LogP contribution in [0.2, 0.25) is 0 Å². The van der Waals surface area contributed by atoms with Gasteiger partial charge in [0.25, 0.3) is 0 Å². The zero-order chi connectivity index (χ0) is 18.2. The highest BCUT2D eigenvalue weighted by atomic mass is 16.3. The van der Waals surface area contributed by atoms with Gasteiger partial charge < -0.3 is 4.42 Å². The van der Waals surface area contributed by atoms with Crippen molar-refractivity contribution in [3.8, 4) is 0 Å². The first-order chi connectivity index (χ1) is 13.9. The number of para-hydroxylation sites is 4. The largest absolute Gasteiger partial charge is 0.456 e. The fraction of sp³-hybridized carbons (Fsp3) is 0. The second kappa shape index (κ2) is 4.90. The van der Waals surface area contributed by atoms with Crippen molar-refractivity contribution in [3.05, 3.63) is 84.9 Å². The van der Waals surface area contributed by atoms with Gasteiger partial charge in [-0.15, -0.1) is 0 Å². The minimum atomic E-state index is 0.916. The Labute approximate surface area is 159 Å². The van der Waals surface area contributed by atoms with E-state index in [-0.39, 0.29) is 0 Å². The smallest absolute Gasteiger partial charge is 0.146 e. The van der Waals surface area contributed by atoms with Gasteiger partial charge in [0.15, 0.2) is 0 Å². The Morgan fingerprint density at radius 1 is 0.571 bits per heavy atom. The van der Waals surface area contributed by atoms with Gasteiger partial charge in [0, 0.05) is 21.5 Å². The number of furan rings is 1. The van der Waals surface area contributed by atoms with E-state index in [1.165, 1.54) is 10.8 Å². The molecule has 0 amide bonds. The molecule has 0 bridgehead atoms. The monoisotopic (exact) mass is 358 g/mol. The van der Waals surface area contributed by atoms with Crippen molar-refractivity contribution < 1.29 is 4.42 Å². The second-order valence-corrected chi connectivity index (χ2v) is 7.27. The van der Waals surface area contributed by atoms with Crippen LogP contribution in [0.4, 0.5) is 0 Å². The summed E-state index contributed by atoms with van der Waals surface area (Å²) in [5, 5.41) is 5.79. The van der Waals surface area contributed by atoms with Crippen LogP contribution < -0.4 is 0 Å². The Balaban J connectivity index is 1.84. The molecule has 7 aromatic rings. The van der Waals surface area contributed by atoms with Crippen molar-refractivity contribution in [2.75, 3.05) is 0 Å². The fourth-order valence-electron chi connectivity index (χ4n) is 4.53. The molecule has 0 fully saturated rings. The van der Waals surface area contributed by atoms with Crippen molar-refractivity contribution in [3.63, 3.8) is 0 Å². The van der Waals surface area contributed by atoms with Gasteiger partial charge in [-0.2, -0.15) is 0 Å². The van der Waals surface area contributed by atoms with E-state index in [1.807, 2.05) is 18.2 Å². The SMILES string of the molecule is c1ccc2c(c1)nc1c3cc4c(cc3c3ccccc3n21)oc1ccccc14. The van der Waals surface area contributed by atoms with Crippen LogP contribution in [0, 0.1) is 0 Å². The lowest BCUT2D eigenvalue weighted by Crippen LogP contribution is -1.91. The predicted octanol–water partition coefficient (Wildman–Crippen LogP) is 6.69. The lowest BCUT2D eigenvalue weighted by atomic mass is 10.0. The van der Waals surface area contributed by atoms with Crippen molar-refractivity contribution in [2.24, 2.45) is 0 Å². The molecule has 28 heavy (non-hydrogen) atoms. The van der Waals surface area contributed by atoms with E-state index < -0.39 is 0 Å². The maximum atomic E-state index is 6.15. The van der Waals surface area contributed by atoms with Crippen LogP contribution in [0.5, 0.6) is 0 Å². The predicted molar refractivity (Wildman–Crippen MR) is 115 cm³/mol. The van der Waals surface area contributed by atoms with E-state index in [0.717, 1.165) is 49.5 Å². The van der Waals surface area contributed by atoms with Gasteiger partial charge in [-0.05, 0) is 41.8 Å². The number of aromatic nitrogens is 2. The summed E-state index contributed by atoms with van der Waals surface area (Å²) in [6, 6.07) is 29.5. The van der Waals surface area contributed by atoms with Crippen LogP contribution in [0.1, 0.15) is 0 Å². The fourth-order valence-corrected chi connectivity index (χ4v) is 4.53. The maximum absolute atomic E-state index is 6.15. The summed E-state index contributed by atoms with van der Waals surface area (Å²) in [5.74, 6) is 0. The van der Waals surface area contributed by atoms with Gasteiger partial charge in [-0.3, -0.25) is 4.40 Å². The third kappa shape index (κ3) is 1.66. The number of fused-ring (bicyclic) bond motifs is 11. The van der Waals surface area contributed by atoms with Gasteiger partial charge in [0.05, 0.1) is 16.6 Å². The molecule has 0 saturated heterocycles. The molecule has 3 heteroatoms. The number of hydrogen-bond donors (Lipinski definition) is 0. The summed E-state index contributed by atoms with van der Waals surface area (Å²) >= 11 is 0. The Bertz CT molecular complexity index is 1720. The van der Waals surface area contributed by atoms with Crippen molar-refractivity contribution in [1.29, 1.82) is 0 Å². The molecule has 0 aliphatic heterocycles. The molecule has 3 nitrogen and oxygen atoms in total. The van der Waals surface area contributed by atoms with Gasteiger partial charge in [-0.1, -0.05) is 48.5 Å². The normalized spacial score (nSPS) is 12.3. The molecule has 0 aliphatic rings. The molecular formula is C25H14N2O. The van der Waals surface area contributed by atoms with Crippen molar-refractivity contribution in [1.82, 2.24) is 9.38 Å². The van der Waals surface area contributed by atoms with E-state index in [2.05, 4.69) is 71.1 Å². The Hall–Kier alpha value is -3.85. The van der Waals surface area contributed by atoms with Gasteiger partial charge in [0.2, 0.25) is 0 Å². The molecule has 0 saturated carbocycles. The van der Waals surface area contributed by atoms with Crippen LogP contribution in [-0.4, -0.2) is 9.38 Å². The van der Waals surface area contributed by atoms with E-state index in [9.17, 15) is 0 Å². The number of rotatable bonds is 0. The van der Waals surface area contributed by atoms with Crippen LogP contribution >= 0.6 is 0 Å². The maximum Gasteiger partial charge on any atom is 0.146 e. The van der Waals surface area contributed by atoms with E-state index in [1.54, 1.807) is 0 Å². The van der Waals surface area contributed by atoms with Gasteiger partial charge in [-0.25, -0.2) is 4.98 Å². The molecule has 3 heterocycles. The van der Waals surface area contributed by atoms with Crippen molar-refractivity contribution in [2.45, 2.75) is 0 Å². The third-order valence-electron chi connectivity index (χ3n) is 5.75. The van der Waals surface area contributed by atoms with Gasteiger partial charge >= 0.3 is 0 Å². The zero-order valence-corrected chi connectivity index (χ0v) is 14.9. The first-order valence-corrected chi connectivity index (χ1v) is 9.41. The molecule has 0 radical (unpaired) electrons. The Kier molecular flexibility index (Phi) is 2.49. The molecule has 4 aromatic carbocycles. The minimum Gasteiger partial charge on any atom is -0.456 e. The highest BCUT2D eigenvalue weighted by Crippen LogP contribution is 2.37. The van der Waals surface area contributed by atoms with E-state index in [4.69, 9.17) is 9.40 Å². The topological polar surface area (TPSA) is 30.4 Å². The minimum absolute atomic E-state index is 0.916. The summed E-state index contributed by atoms with van der Waals surface area (Å²) in [5.41, 5.74) is 6.13. The number of benzene rings is 4. The molecule has 0 N–H and O–H groups in total. The third-order valence-corrected chi connectivity index (χ3v) is 5.75. The average Bonchev–Trinajstić information content (AvgIpc) is 3.31. The molecule has 7 rings (SSSR count). The first kappa shape index (κ1) is 14.2. The molecule has 0 atom stereocenters. The average molecular weight is 358 g/mol. The lowest BCUT2D eigenvalue weighted by Gasteiger charge is -2.09. The molecule has 0 unspecified atom stereocenters. The summed E-state index contributed by atoms with van der Waals surface area (Å²) in [7, 11) is 0.